The van der Waals surface area contributed by atoms with Crippen molar-refractivity contribution >= 4 is 5.91 Å². The summed E-state index contributed by atoms with van der Waals surface area (Å²) in [5, 5.41) is 9.71. The zero-order valence-corrected chi connectivity index (χ0v) is 9.68. The molecule has 1 amide bonds. The van der Waals surface area contributed by atoms with Crippen LogP contribution in [0.4, 0.5) is 0 Å². The summed E-state index contributed by atoms with van der Waals surface area (Å²) in [7, 11) is 0. The van der Waals surface area contributed by atoms with E-state index in [0.29, 0.717) is 24.0 Å². The van der Waals surface area contributed by atoms with Gasteiger partial charge in [0.15, 0.2) is 11.5 Å². The Hall–Kier alpha value is -2.08. The summed E-state index contributed by atoms with van der Waals surface area (Å²) >= 11 is 0. The average Bonchev–Trinajstić information content (AvgIpc) is 2.97. The van der Waals surface area contributed by atoms with Gasteiger partial charge in [-0.3, -0.25) is 4.79 Å². The first-order chi connectivity index (χ1) is 8.83. The van der Waals surface area contributed by atoms with Crippen LogP contribution in [0.15, 0.2) is 33.4 Å². The van der Waals surface area contributed by atoms with E-state index in [4.69, 9.17) is 8.94 Å². The van der Waals surface area contributed by atoms with Crippen LogP contribution in [-0.2, 0) is 0 Å². The Labute approximate surface area is 103 Å². The van der Waals surface area contributed by atoms with E-state index in [0.717, 1.165) is 13.1 Å². The van der Waals surface area contributed by atoms with Crippen LogP contribution in [0.25, 0.3) is 11.5 Å². The van der Waals surface area contributed by atoms with Crippen LogP contribution in [0.1, 0.15) is 10.5 Å². The van der Waals surface area contributed by atoms with Gasteiger partial charge in [0.2, 0.25) is 5.76 Å². The molecule has 0 bridgehead atoms. The highest BCUT2D eigenvalue weighted by atomic mass is 16.5. The van der Waals surface area contributed by atoms with E-state index in [1.54, 1.807) is 24.5 Å². The van der Waals surface area contributed by atoms with Crippen LogP contribution in [0.3, 0.4) is 0 Å². The topological polar surface area (TPSA) is 80.3 Å². The lowest BCUT2D eigenvalue weighted by molar-refractivity contribution is 0.0933. The van der Waals surface area contributed by atoms with E-state index in [9.17, 15) is 4.79 Å². The Morgan fingerprint density at radius 1 is 1.50 bits per heavy atom. The number of rotatable bonds is 4. The summed E-state index contributed by atoms with van der Waals surface area (Å²) in [4.78, 5) is 11.8. The van der Waals surface area contributed by atoms with Crippen LogP contribution >= 0.6 is 0 Å². The van der Waals surface area contributed by atoms with Crippen molar-refractivity contribution in [1.82, 2.24) is 15.8 Å². The molecule has 0 unspecified atom stereocenters. The standard InChI is InChI=1S/C12H13N3O3/c16-12(14-7-8-5-13-6-8)9-4-11(18-15-9)10-2-1-3-17-10/h1-4,8,13H,5-7H2,(H,14,16). The normalized spacial score (nSPS) is 15.3. The fourth-order valence-electron chi connectivity index (χ4n) is 1.74. The second-order valence-electron chi connectivity index (χ2n) is 4.29. The number of hydrogen-bond acceptors (Lipinski definition) is 5. The van der Waals surface area contributed by atoms with Gasteiger partial charge in [-0.1, -0.05) is 5.16 Å². The average molecular weight is 247 g/mol. The summed E-state index contributed by atoms with van der Waals surface area (Å²) in [6.45, 7) is 2.57. The van der Waals surface area contributed by atoms with Crippen molar-refractivity contribution < 1.29 is 13.7 Å². The van der Waals surface area contributed by atoms with Crippen molar-refractivity contribution in [3.63, 3.8) is 0 Å². The molecule has 94 valence electrons. The molecule has 1 saturated heterocycles. The lowest BCUT2D eigenvalue weighted by Gasteiger charge is -2.26. The summed E-state index contributed by atoms with van der Waals surface area (Å²) in [6, 6.07) is 5.08. The molecule has 2 aromatic heterocycles. The van der Waals surface area contributed by atoms with Gasteiger partial charge in [-0.05, 0) is 12.1 Å². The van der Waals surface area contributed by atoms with E-state index >= 15 is 0 Å². The maximum absolute atomic E-state index is 11.8. The quantitative estimate of drug-likeness (QED) is 0.838. The molecule has 1 aliphatic rings. The number of carbonyl (C=O) groups is 1. The van der Waals surface area contributed by atoms with Gasteiger partial charge in [0.05, 0.1) is 6.26 Å². The molecule has 0 aliphatic carbocycles. The molecule has 0 radical (unpaired) electrons. The Balaban J connectivity index is 1.63. The second-order valence-corrected chi connectivity index (χ2v) is 4.29. The van der Waals surface area contributed by atoms with Gasteiger partial charge in [-0.2, -0.15) is 0 Å². The van der Waals surface area contributed by atoms with Crippen molar-refractivity contribution in [3.05, 3.63) is 30.2 Å². The summed E-state index contributed by atoms with van der Waals surface area (Å²) in [6.07, 6.45) is 1.54. The van der Waals surface area contributed by atoms with Crippen molar-refractivity contribution in [3.8, 4) is 11.5 Å². The molecule has 1 fully saturated rings. The van der Waals surface area contributed by atoms with E-state index in [2.05, 4.69) is 15.8 Å². The van der Waals surface area contributed by atoms with Crippen LogP contribution in [-0.4, -0.2) is 30.7 Å². The van der Waals surface area contributed by atoms with Gasteiger partial charge in [0, 0.05) is 31.6 Å². The maximum atomic E-state index is 11.8. The minimum absolute atomic E-state index is 0.219. The fourth-order valence-corrected chi connectivity index (χ4v) is 1.74. The molecule has 18 heavy (non-hydrogen) atoms. The Morgan fingerprint density at radius 3 is 3.06 bits per heavy atom. The smallest absolute Gasteiger partial charge is 0.273 e. The van der Waals surface area contributed by atoms with Crippen molar-refractivity contribution in [1.29, 1.82) is 0 Å². The number of furan rings is 1. The third kappa shape index (κ3) is 2.14. The second kappa shape index (κ2) is 4.66. The van der Waals surface area contributed by atoms with Crippen molar-refractivity contribution in [2.75, 3.05) is 19.6 Å². The highest BCUT2D eigenvalue weighted by Crippen LogP contribution is 2.20. The first-order valence-corrected chi connectivity index (χ1v) is 5.82. The molecule has 3 heterocycles. The highest BCUT2D eigenvalue weighted by molar-refractivity contribution is 5.92. The number of nitrogens with zero attached hydrogens (tertiary/aromatic N) is 1. The lowest BCUT2D eigenvalue weighted by atomic mass is 10.0. The van der Waals surface area contributed by atoms with Gasteiger partial charge >= 0.3 is 0 Å². The van der Waals surface area contributed by atoms with Gasteiger partial charge in [-0.25, -0.2) is 0 Å². The summed E-state index contributed by atoms with van der Waals surface area (Å²) in [5.74, 6) is 1.31. The number of nitrogens with one attached hydrogen (secondary N) is 2. The summed E-state index contributed by atoms with van der Waals surface area (Å²) < 4.78 is 10.2. The molecule has 0 spiro atoms. The van der Waals surface area contributed by atoms with Crippen LogP contribution in [0.5, 0.6) is 0 Å². The SMILES string of the molecule is O=C(NCC1CNC1)c1cc(-c2ccco2)on1. The molecule has 0 atom stereocenters. The van der Waals surface area contributed by atoms with E-state index < -0.39 is 0 Å². The minimum atomic E-state index is -0.219. The molecule has 2 aromatic rings. The van der Waals surface area contributed by atoms with E-state index in [1.165, 1.54) is 0 Å². The van der Waals surface area contributed by atoms with Crippen molar-refractivity contribution in [2.24, 2.45) is 5.92 Å². The minimum Gasteiger partial charge on any atom is -0.461 e. The molecule has 0 saturated carbocycles. The van der Waals surface area contributed by atoms with Gasteiger partial charge < -0.3 is 19.6 Å². The zero-order valence-electron chi connectivity index (χ0n) is 9.68. The molecule has 1 aliphatic heterocycles. The first kappa shape index (κ1) is 11.0. The highest BCUT2D eigenvalue weighted by Gasteiger charge is 2.19. The first-order valence-electron chi connectivity index (χ1n) is 5.82. The summed E-state index contributed by atoms with van der Waals surface area (Å²) in [5.41, 5.74) is 0.272. The van der Waals surface area contributed by atoms with Crippen LogP contribution in [0, 0.1) is 5.92 Å². The van der Waals surface area contributed by atoms with E-state index in [1.807, 2.05) is 0 Å². The number of amides is 1. The predicted molar refractivity (Wildman–Crippen MR) is 62.9 cm³/mol. The van der Waals surface area contributed by atoms with Crippen LogP contribution < -0.4 is 10.6 Å². The molecular formula is C12H13N3O3. The number of aromatic nitrogens is 1. The Kier molecular flexibility index (Phi) is 2.85. The maximum Gasteiger partial charge on any atom is 0.273 e. The number of hydrogen-bond donors (Lipinski definition) is 2. The predicted octanol–water partition coefficient (Wildman–Crippen LogP) is 0.884. The van der Waals surface area contributed by atoms with Gasteiger partial charge in [-0.15, -0.1) is 0 Å². The fraction of sp³-hybridized carbons (Fsp3) is 0.333. The molecule has 2 N–H and O–H groups in total. The largest absolute Gasteiger partial charge is 0.461 e. The number of carbonyl (C=O) groups excluding carboxylic acids is 1. The lowest BCUT2D eigenvalue weighted by Crippen LogP contribution is -2.48. The van der Waals surface area contributed by atoms with Gasteiger partial charge in [0.25, 0.3) is 5.91 Å². The monoisotopic (exact) mass is 247 g/mol. The van der Waals surface area contributed by atoms with Crippen molar-refractivity contribution in [2.45, 2.75) is 0 Å². The molecule has 6 heteroatoms. The Morgan fingerprint density at radius 2 is 2.39 bits per heavy atom. The molecular weight excluding hydrogens is 234 g/mol. The Bertz CT molecular complexity index is 529. The molecule has 0 aromatic carbocycles. The van der Waals surface area contributed by atoms with Gasteiger partial charge in [0.1, 0.15) is 0 Å². The van der Waals surface area contributed by atoms with Crippen LogP contribution in [0.2, 0.25) is 0 Å². The molecule has 6 nitrogen and oxygen atoms in total. The van der Waals surface area contributed by atoms with E-state index in [-0.39, 0.29) is 11.6 Å². The third-order valence-electron chi connectivity index (χ3n) is 2.92. The molecule has 3 rings (SSSR count). The third-order valence-corrected chi connectivity index (χ3v) is 2.92. The zero-order chi connectivity index (χ0) is 12.4.